The number of unbranched alkanes of at least 4 members (excludes halogenated alkanes) is 7. The third kappa shape index (κ3) is 4.69. The van der Waals surface area contributed by atoms with Crippen molar-refractivity contribution < 1.29 is 19.8 Å². The summed E-state index contributed by atoms with van der Waals surface area (Å²) in [5.41, 5.74) is -2.39. The summed E-state index contributed by atoms with van der Waals surface area (Å²) >= 11 is 0. The van der Waals surface area contributed by atoms with Gasteiger partial charge >= 0.3 is 11.9 Å². The molecule has 3 atom stereocenters. The third-order valence-electron chi connectivity index (χ3n) is 6.63. The molecule has 0 spiro atoms. The van der Waals surface area contributed by atoms with Crippen LogP contribution in [0.3, 0.4) is 0 Å². The standard InChI is InChI=1S/C22H38O4/c1-4-6-7-8-9-10-11-12-15-21(19(23)24)16-13-14-17-22(21,20(25)26)18(3)5-2/h13-14,18H,4-12,15-17H2,1-3H3,(H,23,24)(H,25,26). The van der Waals surface area contributed by atoms with Crippen LogP contribution in [0.25, 0.3) is 0 Å². The van der Waals surface area contributed by atoms with Crippen molar-refractivity contribution in [3.63, 3.8) is 0 Å². The molecule has 150 valence electrons. The topological polar surface area (TPSA) is 74.6 Å². The van der Waals surface area contributed by atoms with Crippen LogP contribution in [0.1, 0.15) is 97.8 Å². The van der Waals surface area contributed by atoms with Crippen LogP contribution in [-0.2, 0) is 9.59 Å². The van der Waals surface area contributed by atoms with E-state index in [9.17, 15) is 19.8 Å². The number of rotatable bonds is 13. The molecule has 0 fully saturated rings. The van der Waals surface area contributed by atoms with Gasteiger partial charge in [-0.3, -0.25) is 9.59 Å². The molecule has 0 heterocycles. The molecule has 0 amide bonds. The lowest BCUT2D eigenvalue weighted by atomic mass is 9.50. The zero-order valence-electron chi connectivity index (χ0n) is 16.9. The zero-order valence-corrected chi connectivity index (χ0v) is 16.9. The maximum atomic E-state index is 12.4. The van der Waals surface area contributed by atoms with E-state index in [2.05, 4.69) is 6.92 Å². The lowest BCUT2D eigenvalue weighted by Gasteiger charge is -2.50. The third-order valence-corrected chi connectivity index (χ3v) is 6.63. The van der Waals surface area contributed by atoms with Crippen LogP contribution in [0.15, 0.2) is 12.2 Å². The van der Waals surface area contributed by atoms with Gasteiger partial charge in [-0.05, 0) is 25.2 Å². The first-order valence-electron chi connectivity index (χ1n) is 10.5. The minimum atomic E-state index is -1.20. The summed E-state index contributed by atoms with van der Waals surface area (Å²) in [5, 5.41) is 20.2. The lowest BCUT2D eigenvalue weighted by Crippen LogP contribution is -2.56. The van der Waals surface area contributed by atoms with Crippen molar-refractivity contribution in [1.29, 1.82) is 0 Å². The average Bonchev–Trinajstić information content (AvgIpc) is 2.63. The first-order valence-corrected chi connectivity index (χ1v) is 10.5. The Morgan fingerprint density at radius 3 is 1.92 bits per heavy atom. The molecule has 1 aliphatic rings. The maximum absolute atomic E-state index is 12.4. The highest BCUT2D eigenvalue weighted by Crippen LogP contribution is 2.57. The molecular formula is C22H38O4. The molecule has 0 aromatic rings. The second kappa shape index (κ2) is 10.7. The van der Waals surface area contributed by atoms with Crippen molar-refractivity contribution >= 4 is 11.9 Å². The monoisotopic (exact) mass is 366 g/mol. The van der Waals surface area contributed by atoms with Crippen LogP contribution in [0, 0.1) is 16.7 Å². The second-order valence-corrected chi connectivity index (χ2v) is 8.08. The van der Waals surface area contributed by atoms with Gasteiger partial charge in [-0.25, -0.2) is 0 Å². The van der Waals surface area contributed by atoms with Gasteiger partial charge in [0.25, 0.3) is 0 Å². The Kier molecular flexibility index (Phi) is 9.38. The van der Waals surface area contributed by atoms with Crippen molar-refractivity contribution in [3.8, 4) is 0 Å². The van der Waals surface area contributed by atoms with Crippen LogP contribution in [0.5, 0.6) is 0 Å². The van der Waals surface area contributed by atoms with Gasteiger partial charge in [0.15, 0.2) is 0 Å². The Labute approximate surface area is 159 Å². The Morgan fingerprint density at radius 1 is 0.885 bits per heavy atom. The highest BCUT2D eigenvalue weighted by atomic mass is 16.4. The van der Waals surface area contributed by atoms with Gasteiger partial charge in [0, 0.05) is 0 Å². The number of allylic oxidation sites excluding steroid dienone is 2. The minimum Gasteiger partial charge on any atom is -0.481 e. The minimum absolute atomic E-state index is 0.171. The van der Waals surface area contributed by atoms with E-state index in [-0.39, 0.29) is 5.92 Å². The van der Waals surface area contributed by atoms with Gasteiger partial charge in [0.2, 0.25) is 0 Å². The molecule has 0 aliphatic heterocycles. The summed E-state index contributed by atoms with van der Waals surface area (Å²) in [4.78, 5) is 24.7. The second-order valence-electron chi connectivity index (χ2n) is 8.08. The Hall–Kier alpha value is -1.32. The van der Waals surface area contributed by atoms with E-state index >= 15 is 0 Å². The van der Waals surface area contributed by atoms with Gasteiger partial charge in [0.05, 0.1) is 10.8 Å². The van der Waals surface area contributed by atoms with Crippen LogP contribution in [0.4, 0.5) is 0 Å². The fourth-order valence-electron chi connectivity index (χ4n) is 4.73. The van der Waals surface area contributed by atoms with E-state index in [0.29, 0.717) is 25.7 Å². The van der Waals surface area contributed by atoms with E-state index in [0.717, 1.165) is 19.3 Å². The lowest BCUT2D eigenvalue weighted by molar-refractivity contribution is -0.182. The van der Waals surface area contributed by atoms with Crippen molar-refractivity contribution in [3.05, 3.63) is 12.2 Å². The predicted octanol–water partition coefficient (Wildman–Crippen LogP) is 6.06. The number of aliphatic carboxylic acids is 2. The summed E-state index contributed by atoms with van der Waals surface area (Å²) in [6.07, 6.45) is 14.6. The molecule has 0 saturated carbocycles. The van der Waals surface area contributed by atoms with E-state index in [1.807, 2.05) is 26.0 Å². The molecule has 4 nitrogen and oxygen atoms in total. The van der Waals surface area contributed by atoms with E-state index in [4.69, 9.17) is 0 Å². The van der Waals surface area contributed by atoms with Gasteiger partial charge in [-0.15, -0.1) is 0 Å². The molecule has 0 aromatic carbocycles. The van der Waals surface area contributed by atoms with E-state index in [1.54, 1.807) is 0 Å². The SMILES string of the molecule is CCCCCCCCCCC1(C(=O)O)CC=CCC1(C(=O)O)C(C)CC. The van der Waals surface area contributed by atoms with Gasteiger partial charge in [-0.1, -0.05) is 90.7 Å². The van der Waals surface area contributed by atoms with Gasteiger partial charge in [0.1, 0.15) is 0 Å². The highest BCUT2D eigenvalue weighted by Gasteiger charge is 2.62. The normalized spacial score (nSPS) is 26.6. The van der Waals surface area contributed by atoms with E-state index in [1.165, 1.54) is 32.1 Å². The molecular weight excluding hydrogens is 328 g/mol. The molecule has 0 radical (unpaired) electrons. The molecule has 4 heteroatoms. The Balaban J connectivity index is 2.83. The quantitative estimate of drug-likeness (QED) is 0.307. The molecule has 0 bridgehead atoms. The van der Waals surface area contributed by atoms with Crippen LogP contribution in [0.2, 0.25) is 0 Å². The smallest absolute Gasteiger partial charge is 0.311 e. The van der Waals surface area contributed by atoms with Gasteiger partial charge in [-0.2, -0.15) is 0 Å². The molecule has 1 aliphatic carbocycles. The number of hydrogen-bond donors (Lipinski definition) is 2. The average molecular weight is 367 g/mol. The number of carboxylic acids is 2. The highest BCUT2D eigenvalue weighted by molar-refractivity contribution is 5.87. The van der Waals surface area contributed by atoms with Crippen molar-refractivity contribution in [2.45, 2.75) is 97.8 Å². The first kappa shape index (κ1) is 22.7. The number of hydrogen-bond acceptors (Lipinski definition) is 2. The van der Waals surface area contributed by atoms with Crippen molar-refractivity contribution in [1.82, 2.24) is 0 Å². The molecule has 0 saturated heterocycles. The number of carboxylic acid groups (broad SMARTS) is 2. The van der Waals surface area contributed by atoms with Crippen molar-refractivity contribution in [2.75, 3.05) is 0 Å². The number of carbonyl (C=O) groups is 2. The molecule has 2 N–H and O–H groups in total. The summed E-state index contributed by atoms with van der Waals surface area (Å²) in [5.74, 6) is -2.05. The molecule has 1 rings (SSSR count). The maximum Gasteiger partial charge on any atom is 0.311 e. The van der Waals surface area contributed by atoms with Crippen LogP contribution < -0.4 is 0 Å². The summed E-state index contributed by atoms with van der Waals surface area (Å²) in [6.45, 7) is 6.06. The van der Waals surface area contributed by atoms with Crippen molar-refractivity contribution in [2.24, 2.45) is 16.7 Å². The van der Waals surface area contributed by atoms with Gasteiger partial charge < -0.3 is 10.2 Å². The predicted molar refractivity (Wildman–Crippen MR) is 105 cm³/mol. The molecule has 3 unspecified atom stereocenters. The summed E-state index contributed by atoms with van der Waals surface area (Å²) in [6, 6.07) is 0. The fourth-order valence-corrected chi connectivity index (χ4v) is 4.73. The first-order chi connectivity index (χ1) is 12.4. The Morgan fingerprint density at radius 2 is 1.42 bits per heavy atom. The molecule has 0 aromatic heterocycles. The van der Waals surface area contributed by atoms with E-state index < -0.39 is 22.8 Å². The molecule has 26 heavy (non-hydrogen) atoms. The Bertz CT molecular complexity index is 485. The fraction of sp³-hybridized carbons (Fsp3) is 0.818. The summed E-state index contributed by atoms with van der Waals surface area (Å²) in [7, 11) is 0. The van der Waals surface area contributed by atoms with Crippen LogP contribution >= 0.6 is 0 Å². The zero-order chi connectivity index (χ0) is 19.6. The largest absolute Gasteiger partial charge is 0.481 e. The summed E-state index contributed by atoms with van der Waals surface area (Å²) < 4.78 is 0. The van der Waals surface area contributed by atoms with Crippen LogP contribution in [-0.4, -0.2) is 22.2 Å².